The lowest BCUT2D eigenvalue weighted by Gasteiger charge is -2.12. The number of phenolic OH excluding ortho intramolecular Hbond substituents is 1. The number of hydrogen-bond acceptors (Lipinski definition) is 8. The Morgan fingerprint density at radius 3 is 2.75 bits per heavy atom. The topological polar surface area (TPSA) is 142 Å². The zero-order valence-electron chi connectivity index (χ0n) is 12.3. The molecule has 9 nitrogen and oxygen atoms in total. The fourth-order valence-corrected chi connectivity index (χ4v) is 2.96. The van der Waals surface area contributed by atoms with E-state index in [4.69, 9.17) is 4.74 Å². The summed E-state index contributed by atoms with van der Waals surface area (Å²) >= 11 is 4.15. The fourth-order valence-electron chi connectivity index (χ4n) is 1.95. The lowest BCUT2D eigenvalue weighted by atomic mass is 10.0. The monoisotopic (exact) mass is 412 g/mol. The molecule has 0 atom stereocenters. The summed E-state index contributed by atoms with van der Waals surface area (Å²) in [6, 6.07) is 2.72. The second kappa shape index (κ2) is 6.90. The maximum absolute atomic E-state index is 12.0. The van der Waals surface area contributed by atoms with Crippen LogP contribution in [0.25, 0.3) is 11.3 Å². The standard InChI is InChI=1S/C13H9BrN4O5S/c1-23-7-3-6(18(21)22)9(14)8(11(7)19)10-5(4-15)12(20)17-13(16-10)24-2/h3,19H,1-2H3,(H,16,17,20). The molecule has 2 N–H and O–H groups in total. The van der Waals surface area contributed by atoms with Crippen LogP contribution < -0.4 is 10.3 Å². The zero-order chi connectivity index (χ0) is 18.0. The molecule has 0 bridgehead atoms. The minimum atomic E-state index is -0.719. The first-order chi connectivity index (χ1) is 11.3. The Labute approximate surface area is 147 Å². The molecule has 0 spiro atoms. The minimum absolute atomic E-state index is 0.118. The van der Waals surface area contributed by atoms with Crippen molar-refractivity contribution in [3.63, 3.8) is 0 Å². The zero-order valence-corrected chi connectivity index (χ0v) is 14.7. The molecule has 1 aromatic heterocycles. The third kappa shape index (κ3) is 2.93. The molecule has 1 aromatic carbocycles. The molecule has 2 aromatic rings. The first-order valence-corrected chi connectivity index (χ1v) is 8.20. The Morgan fingerprint density at radius 2 is 2.25 bits per heavy atom. The van der Waals surface area contributed by atoms with Crippen molar-refractivity contribution in [3.05, 3.63) is 36.6 Å². The van der Waals surface area contributed by atoms with Gasteiger partial charge in [0.2, 0.25) is 0 Å². The number of nitro groups is 1. The number of nitrogens with one attached hydrogen (secondary N) is 1. The van der Waals surface area contributed by atoms with E-state index in [-0.39, 0.29) is 32.2 Å². The van der Waals surface area contributed by atoms with Gasteiger partial charge in [0.05, 0.1) is 23.7 Å². The summed E-state index contributed by atoms with van der Waals surface area (Å²) < 4.78 is 4.82. The van der Waals surface area contributed by atoms with Gasteiger partial charge in [0, 0.05) is 0 Å². The van der Waals surface area contributed by atoms with E-state index < -0.39 is 21.9 Å². The van der Waals surface area contributed by atoms with E-state index in [0.717, 1.165) is 17.8 Å². The predicted molar refractivity (Wildman–Crippen MR) is 89.4 cm³/mol. The van der Waals surface area contributed by atoms with Crippen LogP contribution in [0, 0.1) is 21.4 Å². The van der Waals surface area contributed by atoms with Crippen molar-refractivity contribution < 1.29 is 14.8 Å². The van der Waals surface area contributed by atoms with E-state index in [1.807, 2.05) is 0 Å². The average Bonchev–Trinajstić information content (AvgIpc) is 2.54. The molecular weight excluding hydrogens is 404 g/mol. The normalized spacial score (nSPS) is 10.2. The Morgan fingerprint density at radius 1 is 1.58 bits per heavy atom. The number of ether oxygens (including phenoxy) is 1. The number of thioether (sulfide) groups is 1. The number of aromatic amines is 1. The summed E-state index contributed by atoms with van der Waals surface area (Å²) in [7, 11) is 1.22. The third-order valence-electron chi connectivity index (χ3n) is 3.04. The van der Waals surface area contributed by atoms with Gasteiger partial charge in [-0.3, -0.25) is 14.9 Å². The van der Waals surface area contributed by atoms with Crippen LogP contribution in [0.4, 0.5) is 5.69 Å². The minimum Gasteiger partial charge on any atom is -0.504 e. The largest absolute Gasteiger partial charge is 0.504 e. The number of phenols is 1. The van der Waals surface area contributed by atoms with Gasteiger partial charge in [-0.1, -0.05) is 11.8 Å². The summed E-state index contributed by atoms with van der Waals surface area (Å²) in [5.41, 5.74) is -1.86. The highest BCUT2D eigenvalue weighted by Gasteiger charge is 2.28. The van der Waals surface area contributed by atoms with Crippen LogP contribution in [0.1, 0.15) is 5.56 Å². The highest BCUT2D eigenvalue weighted by atomic mass is 79.9. The molecule has 0 radical (unpaired) electrons. The number of nitro benzene ring substituents is 1. The van der Waals surface area contributed by atoms with Crippen molar-refractivity contribution in [2.24, 2.45) is 0 Å². The van der Waals surface area contributed by atoms with Gasteiger partial charge in [-0.15, -0.1) is 0 Å². The lowest BCUT2D eigenvalue weighted by Crippen LogP contribution is -2.15. The van der Waals surface area contributed by atoms with Crippen LogP contribution in [0.15, 0.2) is 20.5 Å². The van der Waals surface area contributed by atoms with Crippen molar-refractivity contribution in [1.29, 1.82) is 5.26 Å². The number of nitrogens with zero attached hydrogens (tertiary/aromatic N) is 3. The van der Waals surface area contributed by atoms with Gasteiger partial charge in [0.25, 0.3) is 11.2 Å². The third-order valence-corrected chi connectivity index (χ3v) is 4.42. The van der Waals surface area contributed by atoms with E-state index in [9.17, 15) is 25.3 Å². The van der Waals surface area contributed by atoms with Crippen LogP contribution in [0.5, 0.6) is 11.5 Å². The Hall–Kier alpha value is -2.58. The number of nitriles is 1. The molecule has 11 heteroatoms. The van der Waals surface area contributed by atoms with Gasteiger partial charge in [-0.2, -0.15) is 5.26 Å². The molecule has 0 aliphatic heterocycles. The molecule has 2 rings (SSSR count). The number of rotatable bonds is 4. The van der Waals surface area contributed by atoms with Crippen molar-refractivity contribution in [2.75, 3.05) is 13.4 Å². The van der Waals surface area contributed by atoms with Gasteiger partial charge in [0.1, 0.15) is 21.8 Å². The summed E-state index contributed by atoms with van der Waals surface area (Å²) in [6.07, 6.45) is 1.65. The van der Waals surface area contributed by atoms with Crippen LogP contribution >= 0.6 is 27.7 Å². The van der Waals surface area contributed by atoms with Crippen LogP contribution in [0.3, 0.4) is 0 Å². The Balaban J connectivity index is 2.99. The quantitative estimate of drug-likeness (QED) is 0.337. The number of H-pyrrole nitrogens is 1. The number of aromatic hydroxyl groups is 1. The number of hydrogen-bond donors (Lipinski definition) is 2. The van der Waals surface area contributed by atoms with Crippen molar-refractivity contribution in [2.45, 2.75) is 5.16 Å². The van der Waals surface area contributed by atoms with Gasteiger partial charge >= 0.3 is 0 Å². The molecule has 124 valence electrons. The molecule has 1 heterocycles. The smallest absolute Gasteiger partial charge is 0.288 e. The molecule has 0 fully saturated rings. The summed E-state index contributed by atoms with van der Waals surface area (Å²) in [4.78, 5) is 29.1. The van der Waals surface area contributed by atoms with E-state index >= 15 is 0 Å². The first-order valence-electron chi connectivity index (χ1n) is 6.18. The molecule has 0 amide bonds. The molecule has 0 aliphatic rings. The summed E-state index contributed by atoms with van der Waals surface area (Å²) in [5, 5.41) is 31.0. The second-order valence-electron chi connectivity index (χ2n) is 4.30. The highest BCUT2D eigenvalue weighted by molar-refractivity contribution is 9.10. The first kappa shape index (κ1) is 17.8. The molecule has 0 saturated carbocycles. The van der Waals surface area contributed by atoms with Crippen molar-refractivity contribution in [3.8, 4) is 28.8 Å². The number of halogens is 1. The maximum atomic E-state index is 12.0. The number of benzene rings is 1. The van der Waals surface area contributed by atoms with Gasteiger partial charge < -0.3 is 14.8 Å². The van der Waals surface area contributed by atoms with Gasteiger partial charge in [0.15, 0.2) is 16.7 Å². The van der Waals surface area contributed by atoms with Gasteiger partial charge in [-0.05, 0) is 22.2 Å². The Kier molecular flexibility index (Phi) is 5.10. The highest BCUT2D eigenvalue weighted by Crippen LogP contribution is 2.47. The van der Waals surface area contributed by atoms with E-state index in [1.54, 1.807) is 12.3 Å². The van der Waals surface area contributed by atoms with Crippen molar-refractivity contribution >= 4 is 33.4 Å². The fraction of sp³-hybridized carbons (Fsp3) is 0.154. The molecule has 0 aliphatic carbocycles. The van der Waals surface area contributed by atoms with E-state index in [1.165, 1.54) is 7.11 Å². The lowest BCUT2D eigenvalue weighted by molar-refractivity contribution is -0.385. The Bertz CT molecular complexity index is 937. The van der Waals surface area contributed by atoms with Crippen LogP contribution in [-0.4, -0.2) is 33.4 Å². The van der Waals surface area contributed by atoms with Crippen LogP contribution in [-0.2, 0) is 0 Å². The average molecular weight is 413 g/mol. The predicted octanol–water partition coefficient (Wildman–Crippen LogP) is 2.42. The van der Waals surface area contributed by atoms with E-state index in [0.29, 0.717) is 0 Å². The van der Waals surface area contributed by atoms with Crippen molar-refractivity contribution in [1.82, 2.24) is 9.97 Å². The van der Waals surface area contributed by atoms with Crippen LogP contribution in [0.2, 0.25) is 0 Å². The molecule has 0 saturated heterocycles. The maximum Gasteiger partial charge on any atom is 0.288 e. The number of aromatic nitrogens is 2. The van der Waals surface area contributed by atoms with Gasteiger partial charge in [-0.25, -0.2) is 4.98 Å². The summed E-state index contributed by atoms with van der Waals surface area (Å²) in [6.45, 7) is 0. The molecule has 0 unspecified atom stereocenters. The molecular formula is C13H9BrN4O5S. The van der Waals surface area contributed by atoms with E-state index in [2.05, 4.69) is 25.9 Å². The second-order valence-corrected chi connectivity index (χ2v) is 5.89. The molecule has 24 heavy (non-hydrogen) atoms. The SMILES string of the molecule is COc1cc([N+](=O)[O-])c(Br)c(-c2nc(SC)[nH]c(=O)c2C#N)c1O. The number of methoxy groups -OCH3 is 1. The summed E-state index contributed by atoms with van der Waals surface area (Å²) in [5.74, 6) is -0.659.